The topological polar surface area (TPSA) is 97.7 Å². The first-order valence-corrected chi connectivity index (χ1v) is 11.2. The van der Waals surface area contributed by atoms with Crippen LogP contribution in [0.1, 0.15) is 34.5 Å². The predicted octanol–water partition coefficient (Wildman–Crippen LogP) is 4.09. The zero-order valence-electron chi connectivity index (χ0n) is 16.8. The summed E-state index contributed by atoms with van der Waals surface area (Å²) in [4.78, 5) is 11.5. The van der Waals surface area contributed by atoms with Crippen LogP contribution in [-0.2, 0) is 15.8 Å². The molecule has 3 aromatic rings. The Labute approximate surface area is 187 Å². The normalized spacial score (nSPS) is 21.2. The minimum atomic E-state index is -1.39. The van der Waals surface area contributed by atoms with Crippen LogP contribution in [0.3, 0.4) is 0 Å². The molecule has 2 aliphatic heterocycles. The van der Waals surface area contributed by atoms with Gasteiger partial charge in [-0.2, -0.15) is 5.26 Å². The van der Waals surface area contributed by atoms with Gasteiger partial charge in [-0.1, -0.05) is 24.3 Å². The van der Waals surface area contributed by atoms with E-state index in [0.717, 1.165) is 11.1 Å². The number of nitrogens with one attached hydrogen (secondary N) is 1. The molecule has 1 fully saturated rings. The third-order valence-electron chi connectivity index (χ3n) is 5.32. The number of ether oxygens (including phenoxy) is 3. The second kappa shape index (κ2) is 8.36. The molecule has 0 aromatic heterocycles. The van der Waals surface area contributed by atoms with Crippen LogP contribution in [0, 0.1) is 11.3 Å². The van der Waals surface area contributed by atoms with Crippen molar-refractivity contribution in [2.24, 2.45) is 0 Å². The third-order valence-corrected chi connectivity index (χ3v) is 6.70. The molecule has 0 radical (unpaired) electrons. The highest BCUT2D eigenvalue weighted by Gasteiger charge is 2.31. The van der Waals surface area contributed by atoms with E-state index in [0.29, 0.717) is 35.2 Å². The fourth-order valence-electron chi connectivity index (χ4n) is 3.73. The Morgan fingerprint density at radius 2 is 1.78 bits per heavy atom. The first-order chi connectivity index (χ1) is 15.6. The monoisotopic (exact) mass is 446 g/mol. The molecular formula is C24H18N2O5S. The highest BCUT2D eigenvalue weighted by Crippen LogP contribution is 2.43. The molecule has 1 saturated heterocycles. The lowest BCUT2D eigenvalue weighted by Gasteiger charge is -2.14. The number of rotatable bonds is 5. The van der Waals surface area contributed by atoms with E-state index in [1.54, 1.807) is 24.3 Å². The Balaban J connectivity index is 1.30. The summed E-state index contributed by atoms with van der Waals surface area (Å²) in [7, 11) is -1.39. The van der Waals surface area contributed by atoms with Crippen LogP contribution < -0.4 is 18.9 Å². The van der Waals surface area contributed by atoms with Crippen molar-refractivity contribution in [1.29, 1.82) is 5.26 Å². The van der Waals surface area contributed by atoms with Crippen molar-refractivity contribution in [2.45, 2.75) is 17.8 Å². The van der Waals surface area contributed by atoms with E-state index in [1.165, 1.54) is 0 Å². The fourth-order valence-corrected chi connectivity index (χ4v) is 4.88. The summed E-state index contributed by atoms with van der Waals surface area (Å²) in [6.45, 7) is 0.343. The zero-order valence-corrected chi connectivity index (χ0v) is 17.6. The lowest BCUT2D eigenvalue weighted by molar-refractivity contribution is -0.118. The molecule has 0 saturated carbocycles. The molecule has 1 N–H and O–H groups in total. The van der Waals surface area contributed by atoms with E-state index in [2.05, 4.69) is 10.8 Å². The summed E-state index contributed by atoms with van der Waals surface area (Å²) in [6, 6.07) is 21.9. The molecule has 7 nitrogen and oxygen atoms in total. The molecule has 3 aromatic carbocycles. The van der Waals surface area contributed by atoms with Gasteiger partial charge in [-0.15, -0.1) is 0 Å². The number of hydrogen-bond acceptors (Lipinski definition) is 6. The molecule has 0 spiro atoms. The molecule has 0 bridgehead atoms. The maximum atomic E-state index is 12.0. The number of nitriles is 1. The number of hydrogen-bond donors (Lipinski definition) is 1. The first kappa shape index (κ1) is 20.1. The lowest BCUT2D eigenvalue weighted by atomic mass is 10.1. The molecule has 1 amide bonds. The van der Waals surface area contributed by atoms with Gasteiger partial charge >= 0.3 is 0 Å². The number of carbonyl (C=O) groups excluding carboxylic acids is 1. The summed E-state index contributed by atoms with van der Waals surface area (Å²) in [5.41, 5.74) is 2.27. The maximum absolute atomic E-state index is 12.0. The summed E-state index contributed by atoms with van der Waals surface area (Å²) in [5.74, 6) is 2.27. The smallest absolute Gasteiger partial charge is 0.233 e. The molecule has 3 unspecified atom stereocenters. The van der Waals surface area contributed by atoms with Crippen LogP contribution in [0.2, 0.25) is 0 Å². The van der Waals surface area contributed by atoms with E-state index >= 15 is 0 Å². The Hall–Kier alpha value is -3.83. The van der Waals surface area contributed by atoms with Gasteiger partial charge in [0.2, 0.25) is 5.91 Å². The average molecular weight is 446 g/mol. The Morgan fingerprint density at radius 3 is 2.47 bits per heavy atom. The molecule has 2 heterocycles. The van der Waals surface area contributed by atoms with Crippen LogP contribution in [0.15, 0.2) is 66.7 Å². The number of carbonyl (C=O) groups is 1. The van der Waals surface area contributed by atoms with Crippen molar-refractivity contribution >= 4 is 16.9 Å². The number of para-hydroxylation sites is 1. The van der Waals surface area contributed by atoms with Crippen molar-refractivity contribution in [2.75, 3.05) is 6.61 Å². The van der Waals surface area contributed by atoms with Gasteiger partial charge in [0.25, 0.3) is 0 Å². The molecule has 8 heteroatoms. The predicted molar refractivity (Wildman–Crippen MR) is 117 cm³/mol. The molecule has 32 heavy (non-hydrogen) atoms. The van der Waals surface area contributed by atoms with Crippen molar-refractivity contribution in [3.63, 3.8) is 0 Å². The van der Waals surface area contributed by atoms with Crippen LogP contribution in [0.25, 0.3) is 0 Å². The van der Waals surface area contributed by atoms with Crippen LogP contribution >= 0.6 is 0 Å². The number of benzene rings is 3. The zero-order chi connectivity index (χ0) is 22.1. The van der Waals surface area contributed by atoms with Gasteiger partial charge in [0.1, 0.15) is 29.1 Å². The minimum Gasteiger partial charge on any atom is -0.485 e. The van der Waals surface area contributed by atoms with Crippen molar-refractivity contribution < 1.29 is 23.2 Å². The van der Waals surface area contributed by atoms with Gasteiger partial charge in [-0.05, 0) is 48.0 Å². The Morgan fingerprint density at radius 1 is 1.03 bits per heavy atom. The van der Waals surface area contributed by atoms with E-state index < -0.39 is 11.0 Å². The van der Waals surface area contributed by atoms with Crippen molar-refractivity contribution in [3.05, 3.63) is 83.4 Å². The average Bonchev–Trinajstić information content (AvgIpc) is 3.38. The lowest BCUT2D eigenvalue weighted by Crippen LogP contribution is -2.15. The summed E-state index contributed by atoms with van der Waals surface area (Å²) in [5, 5.41) is 8.59. The largest absolute Gasteiger partial charge is 0.485 e. The minimum absolute atomic E-state index is 0.201. The number of fused-ring (bicyclic) bond motifs is 1. The second-order valence-corrected chi connectivity index (χ2v) is 8.78. The quantitative estimate of drug-likeness (QED) is 0.634. The van der Waals surface area contributed by atoms with Gasteiger partial charge in [-0.25, -0.2) is 4.21 Å². The van der Waals surface area contributed by atoms with Gasteiger partial charge in [-0.3, -0.25) is 9.52 Å². The van der Waals surface area contributed by atoms with E-state index in [4.69, 9.17) is 19.5 Å². The summed E-state index contributed by atoms with van der Waals surface area (Å²) in [6.07, 6.45) is -0.0807. The Bertz CT molecular complexity index is 1230. The van der Waals surface area contributed by atoms with E-state index in [1.807, 2.05) is 42.5 Å². The second-order valence-electron chi connectivity index (χ2n) is 7.41. The maximum Gasteiger partial charge on any atom is 0.233 e. The van der Waals surface area contributed by atoms with Crippen LogP contribution in [0.5, 0.6) is 23.0 Å². The van der Waals surface area contributed by atoms with E-state index in [-0.39, 0.29) is 23.7 Å². The van der Waals surface area contributed by atoms with Crippen molar-refractivity contribution in [3.8, 4) is 29.1 Å². The van der Waals surface area contributed by atoms with Gasteiger partial charge in [0.05, 0.1) is 16.9 Å². The SMILES string of the molecule is N#Cc1ccc(Oc2cccc3c2OCC3Oc2ccc(C3CC(=O)NS3=O)cc2)cc1. The van der Waals surface area contributed by atoms with Gasteiger partial charge in [0.15, 0.2) is 17.6 Å². The third kappa shape index (κ3) is 3.90. The molecule has 3 atom stereocenters. The number of amides is 1. The molecule has 2 aliphatic rings. The van der Waals surface area contributed by atoms with Crippen LogP contribution in [0.4, 0.5) is 0 Å². The summed E-state index contributed by atoms with van der Waals surface area (Å²) < 4.78 is 32.4. The molecular weight excluding hydrogens is 428 g/mol. The van der Waals surface area contributed by atoms with Crippen LogP contribution in [-0.4, -0.2) is 16.7 Å². The highest BCUT2D eigenvalue weighted by molar-refractivity contribution is 7.84. The standard InChI is InChI=1S/C24H18N2O5S/c25-13-15-4-8-17(9-5-15)30-20-3-1-2-19-21(14-29-24(19)20)31-18-10-6-16(7-11-18)22-12-23(27)26-32(22)28/h1-11,21-22H,12,14H2,(H,26,27). The number of nitrogens with zero attached hydrogens (tertiary/aromatic N) is 1. The Kier molecular flexibility index (Phi) is 5.25. The first-order valence-electron chi connectivity index (χ1n) is 10.0. The summed E-state index contributed by atoms with van der Waals surface area (Å²) >= 11 is 0. The molecule has 0 aliphatic carbocycles. The van der Waals surface area contributed by atoms with Gasteiger partial charge in [0, 0.05) is 12.0 Å². The highest BCUT2D eigenvalue weighted by atomic mass is 32.2. The van der Waals surface area contributed by atoms with Crippen molar-refractivity contribution in [1.82, 2.24) is 4.72 Å². The molecule has 5 rings (SSSR count). The molecule has 160 valence electrons. The fraction of sp³-hybridized carbons (Fsp3) is 0.167. The van der Waals surface area contributed by atoms with Gasteiger partial charge < -0.3 is 14.2 Å². The van der Waals surface area contributed by atoms with E-state index in [9.17, 15) is 9.00 Å².